The fraction of sp³-hybridized carbons (Fsp3) is 0.240. The summed E-state index contributed by atoms with van der Waals surface area (Å²) in [4.78, 5) is 31.6. The third-order valence-corrected chi connectivity index (χ3v) is 6.35. The van der Waals surface area contributed by atoms with Gasteiger partial charge in [0, 0.05) is 0 Å². The van der Waals surface area contributed by atoms with Crippen molar-refractivity contribution < 1.29 is 14.3 Å². The summed E-state index contributed by atoms with van der Waals surface area (Å²) in [6.07, 6.45) is 1.85. The van der Waals surface area contributed by atoms with E-state index in [0.29, 0.717) is 26.4 Å². The zero-order valence-corrected chi connectivity index (χ0v) is 19.2. The number of allylic oxidation sites excluding steroid dienone is 1. The summed E-state index contributed by atoms with van der Waals surface area (Å²) >= 11 is 1.31. The number of ether oxygens (including phenoxy) is 2. The Bertz CT molecular complexity index is 1380. The average molecular weight is 449 g/mol. The lowest BCUT2D eigenvalue weighted by Crippen LogP contribution is -2.40. The van der Waals surface area contributed by atoms with Gasteiger partial charge in [-0.05, 0) is 49.6 Å². The molecule has 7 heteroatoms. The van der Waals surface area contributed by atoms with E-state index >= 15 is 0 Å². The third kappa shape index (κ3) is 3.91. The molecule has 164 valence electrons. The van der Waals surface area contributed by atoms with E-state index in [1.165, 1.54) is 11.3 Å². The number of methoxy groups -OCH3 is 1. The first kappa shape index (κ1) is 21.8. The molecule has 1 aliphatic heterocycles. The molecule has 1 atom stereocenters. The van der Waals surface area contributed by atoms with Crippen molar-refractivity contribution >= 4 is 23.4 Å². The van der Waals surface area contributed by atoms with E-state index in [4.69, 9.17) is 9.47 Å². The molecule has 0 radical (unpaired) electrons. The lowest BCUT2D eigenvalue weighted by atomic mass is 9.95. The van der Waals surface area contributed by atoms with Crippen molar-refractivity contribution in [1.82, 2.24) is 4.57 Å². The molecule has 0 aliphatic carbocycles. The van der Waals surface area contributed by atoms with Crippen molar-refractivity contribution in [1.29, 1.82) is 0 Å². The number of aryl methyl sites for hydroxylation is 1. The second-order valence-corrected chi connectivity index (χ2v) is 8.45. The Labute approximate surface area is 189 Å². The molecule has 1 aliphatic rings. The molecule has 0 bridgehead atoms. The maximum absolute atomic E-state index is 13.5. The lowest BCUT2D eigenvalue weighted by molar-refractivity contribution is -0.139. The second-order valence-electron chi connectivity index (χ2n) is 7.44. The molecule has 0 N–H and O–H groups in total. The number of nitrogens with zero attached hydrogens (tertiary/aromatic N) is 2. The van der Waals surface area contributed by atoms with Crippen LogP contribution in [0, 0.1) is 6.92 Å². The van der Waals surface area contributed by atoms with E-state index in [1.807, 2.05) is 61.5 Å². The SMILES string of the molecule is CCOC(=O)C1=C(C)N=c2s/c(=C/c3ccccc3)c(=O)n2C1c1ccc(C)c(OC)c1. The van der Waals surface area contributed by atoms with Crippen LogP contribution in [-0.4, -0.2) is 24.3 Å². The van der Waals surface area contributed by atoms with E-state index in [9.17, 15) is 9.59 Å². The highest BCUT2D eigenvalue weighted by atomic mass is 32.1. The molecule has 32 heavy (non-hydrogen) atoms. The molecule has 0 spiro atoms. The highest BCUT2D eigenvalue weighted by Gasteiger charge is 2.33. The highest BCUT2D eigenvalue weighted by Crippen LogP contribution is 2.33. The van der Waals surface area contributed by atoms with Crippen LogP contribution < -0.4 is 19.6 Å². The lowest BCUT2D eigenvalue weighted by Gasteiger charge is -2.25. The van der Waals surface area contributed by atoms with Crippen LogP contribution in [-0.2, 0) is 9.53 Å². The van der Waals surface area contributed by atoms with Crippen LogP contribution in [0.1, 0.15) is 36.6 Å². The molecule has 0 amide bonds. The van der Waals surface area contributed by atoms with Crippen LogP contribution in [0.4, 0.5) is 0 Å². The molecular formula is C25H24N2O4S. The minimum Gasteiger partial charge on any atom is -0.496 e. The fourth-order valence-corrected chi connectivity index (χ4v) is 4.86. The maximum atomic E-state index is 13.5. The van der Waals surface area contributed by atoms with Gasteiger partial charge in [-0.25, -0.2) is 9.79 Å². The maximum Gasteiger partial charge on any atom is 0.338 e. The third-order valence-electron chi connectivity index (χ3n) is 5.36. The number of hydrogen-bond acceptors (Lipinski definition) is 6. The molecular weight excluding hydrogens is 424 g/mol. The number of thiazole rings is 1. The predicted molar refractivity (Wildman–Crippen MR) is 125 cm³/mol. The summed E-state index contributed by atoms with van der Waals surface area (Å²) in [5, 5.41) is 0. The van der Waals surface area contributed by atoms with E-state index in [1.54, 1.807) is 25.5 Å². The molecule has 0 saturated carbocycles. The number of rotatable bonds is 5. The minimum atomic E-state index is -0.655. The van der Waals surface area contributed by atoms with Crippen molar-refractivity contribution in [3.8, 4) is 5.75 Å². The summed E-state index contributed by atoms with van der Waals surface area (Å²) in [6, 6.07) is 14.7. The van der Waals surface area contributed by atoms with Gasteiger partial charge < -0.3 is 9.47 Å². The van der Waals surface area contributed by atoms with Crippen LogP contribution in [0.15, 0.2) is 69.6 Å². The van der Waals surface area contributed by atoms with Gasteiger partial charge in [0.1, 0.15) is 5.75 Å². The van der Waals surface area contributed by atoms with Gasteiger partial charge in [0.25, 0.3) is 5.56 Å². The monoisotopic (exact) mass is 448 g/mol. The number of esters is 1. The largest absolute Gasteiger partial charge is 0.496 e. The quantitative estimate of drug-likeness (QED) is 0.563. The van der Waals surface area contributed by atoms with E-state index in [-0.39, 0.29) is 12.2 Å². The molecule has 1 aromatic heterocycles. The first-order valence-corrected chi connectivity index (χ1v) is 11.2. The molecule has 6 nitrogen and oxygen atoms in total. The van der Waals surface area contributed by atoms with Gasteiger partial charge in [0.05, 0.1) is 35.6 Å². The average Bonchev–Trinajstić information content (AvgIpc) is 3.08. The molecule has 0 fully saturated rings. The number of aromatic nitrogens is 1. The van der Waals surface area contributed by atoms with Crippen molar-refractivity contribution in [3.05, 3.63) is 96.2 Å². The molecule has 4 rings (SSSR count). The van der Waals surface area contributed by atoms with Crippen LogP contribution in [0.5, 0.6) is 5.75 Å². The molecule has 0 saturated heterocycles. The Morgan fingerprint density at radius 2 is 1.94 bits per heavy atom. The molecule has 1 unspecified atom stereocenters. The summed E-state index contributed by atoms with van der Waals surface area (Å²) in [5.41, 5.74) is 3.35. The van der Waals surface area contributed by atoms with Crippen molar-refractivity contribution in [2.24, 2.45) is 4.99 Å². The molecule has 2 heterocycles. The minimum absolute atomic E-state index is 0.198. The number of benzene rings is 2. The van der Waals surface area contributed by atoms with Crippen LogP contribution in [0.3, 0.4) is 0 Å². The number of hydrogen-bond donors (Lipinski definition) is 0. The smallest absolute Gasteiger partial charge is 0.338 e. The van der Waals surface area contributed by atoms with E-state index in [0.717, 1.165) is 16.7 Å². The first-order chi connectivity index (χ1) is 15.4. The van der Waals surface area contributed by atoms with E-state index in [2.05, 4.69) is 4.99 Å². The number of fused-ring (bicyclic) bond motifs is 1. The summed E-state index contributed by atoms with van der Waals surface area (Å²) in [5.74, 6) is 0.211. The molecule has 3 aromatic rings. The summed E-state index contributed by atoms with van der Waals surface area (Å²) < 4.78 is 13.0. The van der Waals surface area contributed by atoms with Gasteiger partial charge in [-0.1, -0.05) is 53.8 Å². The summed E-state index contributed by atoms with van der Waals surface area (Å²) in [6.45, 7) is 5.71. The number of carbonyl (C=O) groups is 1. The van der Waals surface area contributed by atoms with Crippen LogP contribution in [0.2, 0.25) is 0 Å². The Kier molecular flexibility index (Phi) is 6.10. The Hall–Kier alpha value is -3.45. The Morgan fingerprint density at radius 3 is 2.62 bits per heavy atom. The van der Waals surface area contributed by atoms with Gasteiger partial charge in [0.15, 0.2) is 4.80 Å². The topological polar surface area (TPSA) is 69.9 Å². The van der Waals surface area contributed by atoms with Crippen molar-refractivity contribution in [2.45, 2.75) is 26.8 Å². The van der Waals surface area contributed by atoms with E-state index < -0.39 is 12.0 Å². The van der Waals surface area contributed by atoms with Gasteiger partial charge in [-0.15, -0.1) is 0 Å². The van der Waals surface area contributed by atoms with Gasteiger partial charge in [0.2, 0.25) is 0 Å². The van der Waals surface area contributed by atoms with Crippen LogP contribution in [0.25, 0.3) is 6.08 Å². The Balaban J connectivity index is 1.98. The molecule has 2 aromatic carbocycles. The predicted octanol–water partition coefficient (Wildman–Crippen LogP) is 3.12. The second kappa shape index (κ2) is 8.96. The normalized spacial score (nSPS) is 15.9. The van der Waals surface area contributed by atoms with Gasteiger partial charge >= 0.3 is 5.97 Å². The number of carbonyl (C=O) groups excluding carboxylic acids is 1. The fourth-order valence-electron chi connectivity index (χ4n) is 3.81. The Morgan fingerprint density at radius 1 is 1.19 bits per heavy atom. The van der Waals surface area contributed by atoms with Crippen molar-refractivity contribution in [2.75, 3.05) is 13.7 Å². The standard InChI is InChI=1S/C25H24N2O4S/c1-5-31-24(29)21-16(3)26-25-27(22(21)18-12-11-15(2)19(14-18)30-4)23(28)20(32-25)13-17-9-7-6-8-10-17/h6-14,22H,5H2,1-4H3/b20-13+. The van der Waals surface area contributed by atoms with Gasteiger partial charge in [-0.2, -0.15) is 0 Å². The highest BCUT2D eigenvalue weighted by molar-refractivity contribution is 7.07. The summed E-state index contributed by atoms with van der Waals surface area (Å²) in [7, 11) is 1.60. The zero-order chi connectivity index (χ0) is 22.8. The first-order valence-electron chi connectivity index (χ1n) is 10.3. The van der Waals surface area contributed by atoms with Gasteiger partial charge in [-0.3, -0.25) is 9.36 Å². The van der Waals surface area contributed by atoms with Crippen molar-refractivity contribution in [3.63, 3.8) is 0 Å². The zero-order valence-electron chi connectivity index (χ0n) is 18.4. The van der Waals surface area contributed by atoms with Crippen LogP contribution >= 0.6 is 11.3 Å².